The van der Waals surface area contributed by atoms with Gasteiger partial charge in [0.2, 0.25) is 0 Å². The lowest BCUT2D eigenvalue weighted by molar-refractivity contribution is 0.248. The molecule has 1 aromatic carbocycles. The van der Waals surface area contributed by atoms with Gasteiger partial charge in [-0.1, -0.05) is 31.2 Å². The quantitative estimate of drug-likeness (QED) is 0.675. The van der Waals surface area contributed by atoms with Crippen molar-refractivity contribution in [2.24, 2.45) is 0 Å². The fraction of sp³-hybridized carbons (Fsp3) is 0.381. The molecule has 1 saturated heterocycles. The highest BCUT2D eigenvalue weighted by Gasteiger charge is 2.19. The minimum Gasteiger partial charge on any atom is -0.354 e. The van der Waals surface area contributed by atoms with E-state index >= 15 is 0 Å². The first-order valence-corrected chi connectivity index (χ1v) is 9.64. The van der Waals surface area contributed by atoms with Gasteiger partial charge in [-0.05, 0) is 23.6 Å². The number of nitrogens with zero attached hydrogens (tertiary/aromatic N) is 6. The second-order valence-electron chi connectivity index (χ2n) is 6.96. The standard InChI is InChI=1S/C21H26N6/c1-2-20-14-21(23-17-22-20)26-12-10-25(11-13-26)15-18-6-3-4-7-19(18)16-27-9-5-8-24-27/h3-9,14,17H,2,10-13,15-16H2,1H3. The van der Waals surface area contributed by atoms with Crippen molar-refractivity contribution < 1.29 is 0 Å². The fourth-order valence-corrected chi connectivity index (χ4v) is 3.56. The van der Waals surface area contributed by atoms with E-state index in [1.807, 2.05) is 23.1 Å². The maximum Gasteiger partial charge on any atom is 0.132 e. The summed E-state index contributed by atoms with van der Waals surface area (Å²) in [6.45, 7) is 8.02. The largest absolute Gasteiger partial charge is 0.354 e. The topological polar surface area (TPSA) is 50.1 Å². The van der Waals surface area contributed by atoms with Crippen molar-refractivity contribution in [3.8, 4) is 0 Å². The number of hydrogen-bond acceptors (Lipinski definition) is 5. The lowest BCUT2D eigenvalue weighted by Crippen LogP contribution is -2.46. The average Bonchev–Trinajstić information content (AvgIpc) is 3.23. The van der Waals surface area contributed by atoms with Gasteiger partial charge in [-0.25, -0.2) is 9.97 Å². The Morgan fingerprint density at radius 3 is 2.41 bits per heavy atom. The highest BCUT2D eigenvalue weighted by Crippen LogP contribution is 2.18. The predicted molar refractivity (Wildman–Crippen MR) is 107 cm³/mol. The Morgan fingerprint density at radius 1 is 0.926 bits per heavy atom. The number of rotatable bonds is 6. The summed E-state index contributed by atoms with van der Waals surface area (Å²) < 4.78 is 1.98. The molecule has 1 fully saturated rings. The lowest BCUT2D eigenvalue weighted by atomic mass is 10.1. The van der Waals surface area contributed by atoms with Crippen LogP contribution in [-0.2, 0) is 19.5 Å². The van der Waals surface area contributed by atoms with Crippen LogP contribution in [-0.4, -0.2) is 50.8 Å². The molecule has 0 N–H and O–H groups in total. The van der Waals surface area contributed by atoms with Gasteiger partial charge in [0.05, 0.1) is 6.54 Å². The molecule has 0 radical (unpaired) electrons. The molecule has 6 heteroatoms. The predicted octanol–water partition coefficient (Wildman–Crippen LogP) is 2.61. The molecule has 3 heterocycles. The number of aromatic nitrogens is 4. The summed E-state index contributed by atoms with van der Waals surface area (Å²) in [5.74, 6) is 1.06. The molecule has 0 bridgehead atoms. The van der Waals surface area contributed by atoms with Crippen molar-refractivity contribution in [1.82, 2.24) is 24.6 Å². The summed E-state index contributed by atoms with van der Waals surface area (Å²) in [6, 6.07) is 12.8. The van der Waals surface area contributed by atoms with Gasteiger partial charge >= 0.3 is 0 Å². The maximum absolute atomic E-state index is 4.46. The molecule has 1 aliphatic rings. The van der Waals surface area contributed by atoms with Crippen molar-refractivity contribution in [1.29, 1.82) is 0 Å². The summed E-state index contributed by atoms with van der Waals surface area (Å²) in [5, 5.41) is 4.34. The van der Waals surface area contributed by atoms with Gasteiger partial charge in [0.15, 0.2) is 0 Å². The maximum atomic E-state index is 4.46. The van der Waals surface area contributed by atoms with Gasteiger partial charge in [-0.15, -0.1) is 0 Å². The van der Waals surface area contributed by atoms with E-state index in [0.29, 0.717) is 0 Å². The number of aryl methyl sites for hydroxylation is 1. The second-order valence-corrected chi connectivity index (χ2v) is 6.96. The summed E-state index contributed by atoms with van der Waals surface area (Å²) in [5.41, 5.74) is 3.83. The normalized spacial score (nSPS) is 15.2. The highest BCUT2D eigenvalue weighted by atomic mass is 15.3. The SMILES string of the molecule is CCc1cc(N2CCN(Cc3ccccc3Cn3cccn3)CC2)ncn1. The molecule has 0 amide bonds. The third kappa shape index (κ3) is 4.34. The number of benzene rings is 1. The van der Waals surface area contributed by atoms with E-state index in [-0.39, 0.29) is 0 Å². The number of anilines is 1. The summed E-state index contributed by atoms with van der Waals surface area (Å²) in [6.07, 6.45) is 6.48. The lowest BCUT2D eigenvalue weighted by Gasteiger charge is -2.35. The van der Waals surface area contributed by atoms with Crippen molar-refractivity contribution in [3.63, 3.8) is 0 Å². The van der Waals surface area contributed by atoms with Crippen molar-refractivity contribution in [3.05, 3.63) is 71.9 Å². The minimum absolute atomic E-state index is 0.823. The highest BCUT2D eigenvalue weighted by molar-refractivity contribution is 5.39. The Kier molecular flexibility index (Phi) is 5.44. The van der Waals surface area contributed by atoms with Crippen LogP contribution >= 0.6 is 0 Å². The van der Waals surface area contributed by atoms with Crippen LogP contribution in [0.2, 0.25) is 0 Å². The Bertz CT molecular complexity index is 853. The van der Waals surface area contributed by atoms with E-state index in [4.69, 9.17) is 0 Å². The number of hydrogen-bond donors (Lipinski definition) is 0. The van der Waals surface area contributed by atoms with Gasteiger partial charge in [0.1, 0.15) is 12.1 Å². The fourth-order valence-electron chi connectivity index (χ4n) is 3.56. The van der Waals surface area contributed by atoms with E-state index in [0.717, 1.165) is 57.2 Å². The number of piperazine rings is 1. The van der Waals surface area contributed by atoms with Crippen LogP contribution in [0.5, 0.6) is 0 Å². The molecule has 6 nitrogen and oxygen atoms in total. The second kappa shape index (κ2) is 8.31. The van der Waals surface area contributed by atoms with Crippen LogP contribution in [0.1, 0.15) is 23.7 Å². The molecule has 0 saturated carbocycles. The molecule has 4 rings (SSSR count). The third-order valence-corrected chi connectivity index (χ3v) is 5.17. The average molecular weight is 362 g/mol. The Hall–Kier alpha value is -2.73. The Morgan fingerprint density at radius 2 is 1.70 bits per heavy atom. The Balaban J connectivity index is 1.38. The molecule has 27 heavy (non-hydrogen) atoms. The molecule has 0 atom stereocenters. The third-order valence-electron chi connectivity index (χ3n) is 5.17. The van der Waals surface area contributed by atoms with Gasteiger partial charge in [-0.2, -0.15) is 5.10 Å². The molecular formula is C21H26N6. The van der Waals surface area contributed by atoms with Crippen LogP contribution in [0, 0.1) is 0 Å². The summed E-state index contributed by atoms with van der Waals surface area (Å²) in [7, 11) is 0. The first kappa shape index (κ1) is 17.7. The van der Waals surface area contributed by atoms with Crippen LogP contribution < -0.4 is 4.90 Å². The van der Waals surface area contributed by atoms with E-state index in [9.17, 15) is 0 Å². The van der Waals surface area contributed by atoms with Crippen molar-refractivity contribution >= 4 is 5.82 Å². The summed E-state index contributed by atoms with van der Waals surface area (Å²) >= 11 is 0. The molecule has 0 unspecified atom stereocenters. The zero-order valence-corrected chi connectivity index (χ0v) is 15.8. The monoisotopic (exact) mass is 362 g/mol. The van der Waals surface area contributed by atoms with Gasteiger partial charge in [0.25, 0.3) is 0 Å². The van der Waals surface area contributed by atoms with E-state index in [1.54, 1.807) is 6.33 Å². The first-order chi connectivity index (χ1) is 13.3. The zero-order valence-electron chi connectivity index (χ0n) is 15.8. The zero-order chi connectivity index (χ0) is 18.5. The van der Waals surface area contributed by atoms with Crippen LogP contribution in [0.4, 0.5) is 5.82 Å². The van der Waals surface area contributed by atoms with Crippen LogP contribution in [0.3, 0.4) is 0 Å². The molecule has 2 aromatic heterocycles. The molecule has 3 aromatic rings. The van der Waals surface area contributed by atoms with Crippen LogP contribution in [0.15, 0.2) is 55.1 Å². The Labute approximate surface area is 160 Å². The molecular weight excluding hydrogens is 336 g/mol. The van der Waals surface area contributed by atoms with E-state index in [1.165, 1.54) is 11.1 Å². The van der Waals surface area contributed by atoms with Gasteiger partial charge in [-0.3, -0.25) is 9.58 Å². The smallest absolute Gasteiger partial charge is 0.132 e. The minimum atomic E-state index is 0.823. The molecule has 0 spiro atoms. The van der Waals surface area contributed by atoms with E-state index in [2.05, 4.69) is 62.1 Å². The summed E-state index contributed by atoms with van der Waals surface area (Å²) in [4.78, 5) is 13.7. The molecule has 0 aliphatic carbocycles. The van der Waals surface area contributed by atoms with E-state index < -0.39 is 0 Å². The molecule has 140 valence electrons. The van der Waals surface area contributed by atoms with Crippen molar-refractivity contribution in [2.45, 2.75) is 26.4 Å². The van der Waals surface area contributed by atoms with Crippen LogP contribution in [0.25, 0.3) is 0 Å². The van der Waals surface area contributed by atoms with Crippen molar-refractivity contribution in [2.75, 3.05) is 31.1 Å². The first-order valence-electron chi connectivity index (χ1n) is 9.64. The van der Waals surface area contributed by atoms with Gasteiger partial charge < -0.3 is 4.90 Å². The van der Waals surface area contributed by atoms with Gasteiger partial charge in [0, 0.05) is 56.9 Å². The molecule has 1 aliphatic heterocycles.